The first kappa shape index (κ1) is 24.8. The second-order valence-electron chi connectivity index (χ2n) is 7.05. The molecule has 0 unspecified atom stereocenters. The van der Waals surface area contributed by atoms with E-state index in [0.29, 0.717) is 42.0 Å². The van der Waals surface area contributed by atoms with E-state index in [1.165, 1.54) is 30.2 Å². The summed E-state index contributed by atoms with van der Waals surface area (Å²) in [5.41, 5.74) is 1.90. The number of hydrogen-bond donors (Lipinski definition) is 0. The fourth-order valence-electron chi connectivity index (χ4n) is 3.15. The zero-order chi connectivity index (χ0) is 24.4. The van der Waals surface area contributed by atoms with Crippen molar-refractivity contribution in [2.24, 2.45) is 0 Å². The summed E-state index contributed by atoms with van der Waals surface area (Å²) in [5, 5.41) is 0.965. The third kappa shape index (κ3) is 5.34. The monoisotopic (exact) mass is 553 g/mol. The number of anilines is 1. The molecule has 1 aliphatic heterocycles. The number of amides is 1. The molecule has 10 heteroatoms. The fraction of sp³-hybridized carbons (Fsp3) is 0.0833. The molecule has 0 saturated carbocycles. The summed E-state index contributed by atoms with van der Waals surface area (Å²) in [6, 6.07) is 14.5. The molecule has 0 aliphatic carbocycles. The van der Waals surface area contributed by atoms with Gasteiger partial charge in [0.25, 0.3) is 5.91 Å². The standard InChI is InChI=1S/C24H15Cl3FNO3S2/c1-31-21-8-13(2-7-20(21)32-12-14-3-4-15(25)10-17(14)26)9-22-23(30)29(24(33)34-22)16-5-6-19(28)18(27)11-16/h2-11H,12H2,1H3/b22-9+. The number of carbonyl (C=O) groups is 1. The van der Waals surface area contributed by atoms with E-state index in [1.54, 1.807) is 42.5 Å². The number of benzene rings is 3. The van der Waals surface area contributed by atoms with E-state index in [0.717, 1.165) is 17.3 Å². The van der Waals surface area contributed by atoms with E-state index >= 15 is 0 Å². The van der Waals surface area contributed by atoms with Gasteiger partial charge in [-0.05, 0) is 54.1 Å². The molecular weight excluding hydrogens is 540 g/mol. The molecule has 0 N–H and O–H groups in total. The first-order valence-electron chi connectivity index (χ1n) is 9.74. The van der Waals surface area contributed by atoms with E-state index in [1.807, 2.05) is 0 Å². The lowest BCUT2D eigenvalue weighted by atomic mass is 10.1. The lowest BCUT2D eigenvalue weighted by Crippen LogP contribution is -2.27. The van der Waals surface area contributed by atoms with Gasteiger partial charge in [0.2, 0.25) is 0 Å². The lowest BCUT2D eigenvalue weighted by molar-refractivity contribution is -0.113. The van der Waals surface area contributed by atoms with Crippen LogP contribution in [0.2, 0.25) is 15.1 Å². The van der Waals surface area contributed by atoms with Crippen LogP contribution in [0.1, 0.15) is 11.1 Å². The van der Waals surface area contributed by atoms with Gasteiger partial charge in [-0.15, -0.1) is 0 Å². The molecule has 34 heavy (non-hydrogen) atoms. The van der Waals surface area contributed by atoms with Crippen LogP contribution in [0.4, 0.5) is 10.1 Å². The number of hydrogen-bond acceptors (Lipinski definition) is 5. The number of rotatable bonds is 6. The zero-order valence-corrected chi connectivity index (χ0v) is 21.4. The van der Waals surface area contributed by atoms with E-state index in [2.05, 4.69) is 0 Å². The molecule has 1 aliphatic rings. The van der Waals surface area contributed by atoms with Crippen molar-refractivity contribution in [2.75, 3.05) is 12.0 Å². The van der Waals surface area contributed by atoms with Crippen molar-refractivity contribution in [3.8, 4) is 11.5 Å². The quantitative estimate of drug-likeness (QED) is 0.230. The summed E-state index contributed by atoms with van der Waals surface area (Å²) in [4.78, 5) is 14.7. The molecule has 4 rings (SSSR count). The van der Waals surface area contributed by atoms with Gasteiger partial charge in [-0.1, -0.05) is 70.9 Å². The largest absolute Gasteiger partial charge is 0.493 e. The topological polar surface area (TPSA) is 38.8 Å². The van der Waals surface area contributed by atoms with Crippen molar-refractivity contribution in [1.82, 2.24) is 0 Å². The van der Waals surface area contributed by atoms with Gasteiger partial charge < -0.3 is 9.47 Å². The normalized spacial score (nSPS) is 14.7. The molecular formula is C24H15Cl3FNO3S2. The van der Waals surface area contributed by atoms with Gasteiger partial charge in [-0.3, -0.25) is 9.69 Å². The zero-order valence-electron chi connectivity index (χ0n) is 17.5. The van der Waals surface area contributed by atoms with Crippen molar-refractivity contribution < 1.29 is 18.7 Å². The number of methoxy groups -OCH3 is 1. The molecule has 3 aromatic carbocycles. The molecule has 1 fully saturated rings. The maximum Gasteiger partial charge on any atom is 0.270 e. The van der Waals surface area contributed by atoms with Crippen LogP contribution in [-0.4, -0.2) is 17.3 Å². The van der Waals surface area contributed by atoms with Crippen molar-refractivity contribution in [3.05, 3.63) is 91.5 Å². The highest BCUT2D eigenvalue weighted by atomic mass is 35.5. The fourth-order valence-corrected chi connectivity index (χ4v) is 5.09. The number of ether oxygens (including phenoxy) is 2. The van der Waals surface area contributed by atoms with Crippen LogP contribution >= 0.6 is 58.8 Å². The number of thiocarbonyl (C=S) groups is 1. The Hall–Kier alpha value is -2.29. The maximum absolute atomic E-state index is 13.5. The molecule has 1 heterocycles. The van der Waals surface area contributed by atoms with E-state index in [4.69, 9.17) is 56.5 Å². The van der Waals surface area contributed by atoms with Gasteiger partial charge in [0.15, 0.2) is 15.8 Å². The first-order chi connectivity index (χ1) is 16.3. The smallest absolute Gasteiger partial charge is 0.270 e. The summed E-state index contributed by atoms with van der Waals surface area (Å²) in [7, 11) is 1.53. The number of halogens is 4. The Labute approximate surface area is 220 Å². The highest BCUT2D eigenvalue weighted by Gasteiger charge is 2.33. The summed E-state index contributed by atoms with van der Waals surface area (Å²) >= 11 is 24.5. The Kier molecular flexibility index (Phi) is 7.70. The van der Waals surface area contributed by atoms with Crippen molar-refractivity contribution in [3.63, 3.8) is 0 Å². The van der Waals surface area contributed by atoms with Crippen molar-refractivity contribution in [1.29, 1.82) is 0 Å². The molecule has 174 valence electrons. The Morgan fingerprint density at radius 3 is 2.53 bits per heavy atom. The summed E-state index contributed by atoms with van der Waals surface area (Å²) in [6.07, 6.45) is 1.70. The minimum absolute atomic E-state index is 0.0873. The van der Waals surface area contributed by atoms with Crippen LogP contribution in [0.5, 0.6) is 11.5 Å². The van der Waals surface area contributed by atoms with Gasteiger partial charge in [0.05, 0.1) is 22.7 Å². The predicted molar refractivity (Wildman–Crippen MR) is 141 cm³/mol. The minimum Gasteiger partial charge on any atom is -0.493 e. The third-order valence-electron chi connectivity index (χ3n) is 4.84. The van der Waals surface area contributed by atoms with Crippen molar-refractivity contribution in [2.45, 2.75) is 6.61 Å². The second-order valence-corrected chi connectivity index (χ2v) is 9.98. The molecule has 4 nitrogen and oxygen atoms in total. The van der Waals surface area contributed by atoms with Crippen LogP contribution in [-0.2, 0) is 11.4 Å². The highest BCUT2D eigenvalue weighted by Crippen LogP contribution is 2.38. The summed E-state index contributed by atoms with van der Waals surface area (Å²) < 4.78 is 25.2. The van der Waals surface area contributed by atoms with Gasteiger partial charge in [-0.2, -0.15) is 0 Å². The lowest BCUT2D eigenvalue weighted by Gasteiger charge is -2.14. The Morgan fingerprint density at radius 2 is 1.82 bits per heavy atom. The Balaban J connectivity index is 1.54. The number of nitrogens with zero attached hydrogens (tertiary/aromatic N) is 1. The van der Waals surface area contributed by atoms with Crippen LogP contribution in [0.15, 0.2) is 59.5 Å². The van der Waals surface area contributed by atoms with Gasteiger partial charge in [0.1, 0.15) is 12.4 Å². The molecule has 1 saturated heterocycles. The first-order valence-corrected chi connectivity index (χ1v) is 12.1. The van der Waals surface area contributed by atoms with Gasteiger partial charge in [0, 0.05) is 15.6 Å². The number of thioether (sulfide) groups is 1. The average molecular weight is 555 g/mol. The second kappa shape index (κ2) is 10.5. The third-order valence-corrected chi connectivity index (χ3v) is 7.02. The Morgan fingerprint density at radius 1 is 1.03 bits per heavy atom. The molecule has 0 aromatic heterocycles. The maximum atomic E-state index is 13.5. The van der Waals surface area contributed by atoms with Crippen LogP contribution < -0.4 is 14.4 Å². The molecule has 0 atom stereocenters. The minimum atomic E-state index is -0.570. The molecule has 0 spiro atoms. The molecule has 0 bridgehead atoms. The predicted octanol–water partition coefficient (Wildman–Crippen LogP) is 7.78. The average Bonchev–Trinajstić information content (AvgIpc) is 3.08. The molecule has 1 amide bonds. The van der Waals surface area contributed by atoms with E-state index in [-0.39, 0.29) is 17.5 Å². The number of carbonyl (C=O) groups excluding carboxylic acids is 1. The van der Waals surface area contributed by atoms with Crippen LogP contribution in [0.25, 0.3) is 6.08 Å². The van der Waals surface area contributed by atoms with Gasteiger partial charge in [-0.25, -0.2) is 4.39 Å². The molecule has 0 radical (unpaired) electrons. The van der Waals surface area contributed by atoms with Crippen molar-refractivity contribution >= 4 is 80.8 Å². The highest BCUT2D eigenvalue weighted by molar-refractivity contribution is 8.27. The summed E-state index contributed by atoms with van der Waals surface area (Å²) in [5.74, 6) is 0.104. The SMILES string of the molecule is COc1cc(/C=C2/SC(=S)N(c3ccc(F)c(Cl)c3)C2=O)ccc1OCc1ccc(Cl)cc1Cl. The van der Waals surface area contributed by atoms with E-state index < -0.39 is 5.82 Å². The molecule has 3 aromatic rings. The van der Waals surface area contributed by atoms with E-state index in [9.17, 15) is 9.18 Å². The van der Waals surface area contributed by atoms with Crippen LogP contribution in [0, 0.1) is 5.82 Å². The summed E-state index contributed by atoms with van der Waals surface area (Å²) in [6.45, 7) is 0.227. The van der Waals surface area contributed by atoms with Gasteiger partial charge >= 0.3 is 0 Å². The Bertz CT molecular complexity index is 1330. The van der Waals surface area contributed by atoms with Crippen LogP contribution in [0.3, 0.4) is 0 Å².